The van der Waals surface area contributed by atoms with Gasteiger partial charge in [0.2, 0.25) is 0 Å². The Hall–Kier alpha value is -1.93. The lowest BCUT2D eigenvalue weighted by molar-refractivity contribution is -0.137. The van der Waals surface area contributed by atoms with Crippen molar-refractivity contribution >= 4 is 51.7 Å². The van der Waals surface area contributed by atoms with E-state index in [1.807, 2.05) is 0 Å². The third-order valence-electron chi connectivity index (χ3n) is 2.82. The number of halogens is 1. The van der Waals surface area contributed by atoms with Crippen molar-refractivity contribution in [2.45, 2.75) is 19.9 Å². The molecule has 21 heavy (non-hydrogen) atoms. The zero-order chi connectivity index (χ0) is 14.9. The van der Waals surface area contributed by atoms with Gasteiger partial charge in [-0.25, -0.2) is 14.8 Å². The number of aryl methyl sites for hydroxylation is 1. The van der Waals surface area contributed by atoms with Crippen molar-refractivity contribution in [1.29, 1.82) is 0 Å². The average Bonchev–Trinajstić information content (AvgIpc) is 2.76. The molecule has 0 saturated heterocycles. The van der Waals surface area contributed by atoms with Crippen LogP contribution < -0.4 is 5.32 Å². The van der Waals surface area contributed by atoms with Crippen molar-refractivity contribution in [3.8, 4) is 0 Å². The lowest BCUT2D eigenvalue weighted by Gasteiger charge is -2.10. The van der Waals surface area contributed by atoms with Gasteiger partial charge in [0.05, 0.1) is 12.5 Å². The quantitative estimate of drug-likeness (QED) is 0.827. The van der Waals surface area contributed by atoms with Gasteiger partial charge in [-0.3, -0.25) is 4.79 Å². The highest BCUT2D eigenvalue weighted by Crippen LogP contribution is 2.33. The fourth-order valence-corrected chi connectivity index (χ4v) is 2.80. The van der Waals surface area contributed by atoms with Crippen LogP contribution in [-0.4, -0.2) is 40.2 Å². The molecule has 1 atom stereocenters. The molecule has 0 bridgehead atoms. The average molecular weight is 332 g/mol. The van der Waals surface area contributed by atoms with Crippen LogP contribution >= 0.6 is 23.7 Å². The first-order valence-electron chi connectivity index (χ1n) is 5.77. The first-order valence-corrected chi connectivity index (χ1v) is 6.59. The van der Waals surface area contributed by atoms with Crippen LogP contribution in [0.15, 0.2) is 6.33 Å². The number of rotatable bonds is 4. The summed E-state index contributed by atoms with van der Waals surface area (Å²) in [4.78, 5) is 31.8. The lowest BCUT2D eigenvalue weighted by atomic mass is 10.2. The highest BCUT2D eigenvalue weighted by atomic mass is 35.5. The van der Waals surface area contributed by atoms with E-state index in [4.69, 9.17) is 9.84 Å². The number of carbonyl (C=O) groups is 2. The number of hydrogen-bond acceptors (Lipinski definition) is 7. The summed E-state index contributed by atoms with van der Waals surface area (Å²) in [6.45, 7) is 3.27. The van der Waals surface area contributed by atoms with Gasteiger partial charge in [0.25, 0.3) is 0 Å². The predicted molar refractivity (Wildman–Crippen MR) is 81.5 cm³/mol. The third kappa shape index (κ3) is 3.22. The van der Waals surface area contributed by atoms with E-state index in [-0.39, 0.29) is 12.4 Å². The van der Waals surface area contributed by atoms with Gasteiger partial charge in [0.1, 0.15) is 27.9 Å². The summed E-state index contributed by atoms with van der Waals surface area (Å²) >= 11 is 1.19. The largest absolute Gasteiger partial charge is 0.480 e. The number of thiophene rings is 1. The first kappa shape index (κ1) is 17.1. The zero-order valence-corrected chi connectivity index (χ0v) is 13.2. The van der Waals surface area contributed by atoms with Crippen LogP contribution in [0.5, 0.6) is 0 Å². The van der Waals surface area contributed by atoms with Crippen LogP contribution in [-0.2, 0) is 9.53 Å². The molecule has 0 spiro atoms. The number of methoxy groups -OCH3 is 1. The molecule has 114 valence electrons. The third-order valence-corrected chi connectivity index (χ3v) is 4.00. The minimum atomic E-state index is -0.988. The van der Waals surface area contributed by atoms with Crippen molar-refractivity contribution in [3.63, 3.8) is 0 Å². The fourth-order valence-electron chi connectivity index (χ4n) is 1.74. The van der Waals surface area contributed by atoms with Crippen LogP contribution in [0.1, 0.15) is 22.2 Å². The molecule has 0 aromatic carbocycles. The monoisotopic (exact) mass is 331 g/mol. The number of carboxylic acids is 1. The molecule has 2 rings (SSSR count). The maximum Gasteiger partial charge on any atom is 0.348 e. The molecular weight excluding hydrogens is 318 g/mol. The van der Waals surface area contributed by atoms with Crippen LogP contribution in [0, 0.1) is 6.92 Å². The second-order valence-electron chi connectivity index (χ2n) is 4.15. The molecular formula is C12H14ClN3O4S. The van der Waals surface area contributed by atoms with E-state index >= 15 is 0 Å². The fraction of sp³-hybridized carbons (Fsp3) is 0.333. The van der Waals surface area contributed by atoms with E-state index in [2.05, 4.69) is 15.3 Å². The van der Waals surface area contributed by atoms with E-state index in [1.165, 1.54) is 31.7 Å². The smallest absolute Gasteiger partial charge is 0.348 e. The summed E-state index contributed by atoms with van der Waals surface area (Å²) in [5.41, 5.74) is 0.678. The Kier molecular flexibility index (Phi) is 5.45. The van der Waals surface area contributed by atoms with E-state index in [1.54, 1.807) is 6.92 Å². The summed E-state index contributed by atoms with van der Waals surface area (Å²) < 4.78 is 4.71. The second-order valence-corrected chi connectivity index (χ2v) is 5.15. The summed E-state index contributed by atoms with van der Waals surface area (Å²) in [6.07, 6.45) is 1.33. The van der Waals surface area contributed by atoms with E-state index in [0.29, 0.717) is 26.5 Å². The molecule has 2 aromatic rings. The second kappa shape index (κ2) is 6.68. The molecule has 2 aromatic heterocycles. The maximum atomic E-state index is 11.7. The van der Waals surface area contributed by atoms with E-state index in [9.17, 15) is 9.59 Å². The number of nitrogens with one attached hydrogen (secondary N) is 1. The van der Waals surface area contributed by atoms with Crippen molar-refractivity contribution in [1.82, 2.24) is 9.97 Å². The van der Waals surface area contributed by atoms with Gasteiger partial charge >= 0.3 is 11.9 Å². The molecule has 0 aliphatic heterocycles. The number of hydrogen-bond donors (Lipinski definition) is 2. The van der Waals surface area contributed by atoms with Crippen molar-refractivity contribution in [3.05, 3.63) is 16.8 Å². The van der Waals surface area contributed by atoms with Gasteiger partial charge in [-0.15, -0.1) is 23.7 Å². The van der Waals surface area contributed by atoms with Crippen molar-refractivity contribution in [2.24, 2.45) is 0 Å². The summed E-state index contributed by atoms with van der Waals surface area (Å²) in [6, 6.07) is -0.797. The maximum absolute atomic E-state index is 11.7. The van der Waals surface area contributed by atoms with Crippen molar-refractivity contribution in [2.75, 3.05) is 12.4 Å². The minimum Gasteiger partial charge on any atom is -0.480 e. The Morgan fingerprint density at radius 3 is 2.67 bits per heavy atom. The first-order chi connectivity index (χ1) is 9.45. The number of carboxylic acid groups (broad SMARTS) is 1. The Balaban J connectivity index is 0.00000220. The van der Waals surface area contributed by atoms with Gasteiger partial charge in [0.15, 0.2) is 0 Å². The van der Waals surface area contributed by atoms with Gasteiger partial charge in [0, 0.05) is 0 Å². The molecule has 0 aliphatic carbocycles. The number of anilines is 1. The molecule has 2 N–H and O–H groups in total. The number of aliphatic carboxylic acids is 1. The van der Waals surface area contributed by atoms with Gasteiger partial charge in [-0.05, 0) is 19.4 Å². The normalized spacial score (nSPS) is 11.6. The molecule has 2 heterocycles. The number of fused-ring (bicyclic) bond motifs is 1. The van der Waals surface area contributed by atoms with Gasteiger partial charge in [-0.1, -0.05) is 0 Å². The number of nitrogens with zero attached hydrogens (tertiary/aromatic N) is 2. The van der Waals surface area contributed by atoms with Crippen LogP contribution in [0.25, 0.3) is 10.2 Å². The lowest BCUT2D eigenvalue weighted by Crippen LogP contribution is -2.26. The molecule has 1 unspecified atom stereocenters. The number of esters is 1. The number of ether oxygens (including phenoxy) is 1. The summed E-state index contributed by atoms with van der Waals surface area (Å²) in [5.74, 6) is -1.03. The van der Waals surface area contributed by atoms with E-state index in [0.717, 1.165) is 0 Å². The highest BCUT2D eigenvalue weighted by molar-refractivity contribution is 7.20. The van der Waals surface area contributed by atoms with Crippen LogP contribution in [0.2, 0.25) is 0 Å². The Bertz CT molecular complexity index is 688. The molecule has 0 amide bonds. The topological polar surface area (TPSA) is 101 Å². The minimum absolute atomic E-state index is 0. The molecule has 9 heteroatoms. The zero-order valence-electron chi connectivity index (χ0n) is 11.5. The Morgan fingerprint density at radius 2 is 2.10 bits per heavy atom. The molecule has 0 aliphatic rings. The SMILES string of the molecule is COC(=O)c1sc2ncnc(NC(C)C(=O)O)c2c1C.Cl. The summed E-state index contributed by atoms with van der Waals surface area (Å²) in [7, 11) is 1.31. The highest BCUT2D eigenvalue weighted by Gasteiger charge is 2.21. The number of aromatic nitrogens is 2. The molecule has 7 nitrogen and oxygen atoms in total. The van der Waals surface area contributed by atoms with E-state index < -0.39 is 18.0 Å². The number of carbonyl (C=O) groups excluding carboxylic acids is 1. The van der Waals surface area contributed by atoms with Crippen LogP contribution in [0.4, 0.5) is 5.82 Å². The standard InChI is InChI=1S/C12H13N3O4S.ClH/c1-5-7-9(15-6(2)11(16)17)13-4-14-10(7)20-8(5)12(18)19-3;/h4,6H,1-3H3,(H,16,17)(H,13,14,15);1H. The Morgan fingerprint density at radius 1 is 1.43 bits per heavy atom. The molecule has 0 radical (unpaired) electrons. The predicted octanol–water partition coefficient (Wildman–Crippen LogP) is 2.09. The molecule has 0 fully saturated rings. The molecule has 0 saturated carbocycles. The Labute approximate surface area is 130 Å². The van der Waals surface area contributed by atoms with Crippen molar-refractivity contribution < 1.29 is 19.4 Å². The van der Waals surface area contributed by atoms with Gasteiger partial charge in [-0.2, -0.15) is 0 Å². The van der Waals surface area contributed by atoms with Crippen LogP contribution in [0.3, 0.4) is 0 Å². The van der Waals surface area contributed by atoms with Gasteiger partial charge < -0.3 is 15.2 Å². The summed E-state index contributed by atoms with van der Waals surface area (Å²) in [5, 5.41) is 12.4.